The van der Waals surface area contributed by atoms with Crippen LogP contribution in [0.4, 0.5) is 5.69 Å². The number of rotatable bonds is 6. The fourth-order valence-corrected chi connectivity index (χ4v) is 3.01. The van der Waals surface area contributed by atoms with Gasteiger partial charge in [0.15, 0.2) is 0 Å². The lowest BCUT2D eigenvalue weighted by Gasteiger charge is -2.36. The van der Waals surface area contributed by atoms with E-state index in [0.717, 1.165) is 24.5 Å². The number of piperazine rings is 1. The number of ether oxygens (including phenoxy) is 1. The number of nitrogens with one attached hydrogen (secondary N) is 1. The maximum absolute atomic E-state index is 12.4. The lowest BCUT2D eigenvalue weighted by atomic mass is 10.2. The summed E-state index contributed by atoms with van der Waals surface area (Å²) >= 11 is 0. The Labute approximate surface area is 158 Å². The van der Waals surface area contributed by atoms with Crippen molar-refractivity contribution >= 4 is 17.5 Å². The van der Waals surface area contributed by atoms with Crippen molar-refractivity contribution in [3.8, 4) is 5.75 Å². The molecule has 2 amide bonds. The zero-order chi connectivity index (χ0) is 19.1. The van der Waals surface area contributed by atoms with E-state index in [0.29, 0.717) is 25.3 Å². The van der Waals surface area contributed by atoms with Crippen molar-refractivity contribution in [2.45, 2.75) is 6.92 Å². The standard InChI is InChI=1S/C20H24N4O3/c1-2-27-18-5-3-16(4-6-18)20(26)22-15-19(25)24-13-11-23(12-14-24)17-7-9-21-10-8-17/h3-10H,2,11-15H2,1H3,(H,22,26). The zero-order valence-electron chi connectivity index (χ0n) is 15.4. The van der Waals surface area contributed by atoms with Crippen LogP contribution in [0.2, 0.25) is 0 Å². The third-order valence-electron chi connectivity index (χ3n) is 4.49. The summed E-state index contributed by atoms with van der Waals surface area (Å²) in [6.07, 6.45) is 3.53. The number of amides is 2. The summed E-state index contributed by atoms with van der Waals surface area (Å²) in [5.41, 5.74) is 1.62. The van der Waals surface area contributed by atoms with E-state index in [1.807, 2.05) is 19.1 Å². The first kappa shape index (κ1) is 18.7. The fraction of sp³-hybridized carbons (Fsp3) is 0.350. The summed E-state index contributed by atoms with van der Waals surface area (Å²) in [5, 5.41) is 2.70. The second kappa shape index (κ2) is 9.02. The van der Waals surface area contributed by atoms with Crippen LogP contribution in [0, 0.1) is 0 Å². The predicted octanol–water partition coefficient (Wildman–Crippen LogP) is 1.56. The number of carbonyl (C=O) groups is 2. The summed E-state index contributed by atoms with van der Waals surface area (Å²) in [4.78, 5) is 32.6. The minimum atomic E-state index is -0.262. The first-order valence-corrected chi connectivity index (χ1v) is 9.11. The average Bonchev–Trinajstić information content (AvgIpc) is 2.73. The van der Waals surface area contributed by atoms with Gasteiger partial charge in [-0.3, -0.25) is 14.6 Å². The number of carbonyl (C=O) groups excluding carboxylic acids is 2. The first-order chi connectivity index (χ1) is 13.2. The van der Waals surface area contributed by atoms with Crippen LogP contribution < -0.4 is 15.0 Å². The van der Waals surface area contributed by atoms with Crippen molar-refractivity contribution in [2.24, 2.45) is 0 Å². The zero-order valence-corrected chi connectivity index (χ0v) is 15.4. The number of nitrogens with zero attached hydrogens (tertiary/aromatic N) is 3. The van der Waals surface area contributed by atoms with Gasteiger partial charge >= 0.3 is 0 Å². The molecule has 1 aliphatic rings. The molecule has 1 aromatic carbocycles. The van der Waals surface area contributed by atoms with Crippen LogP contribution in [-0.4, -0.2) is 61.0 Å². The van der Waals surface area contributed by atoms with Crippen molar-refractivity contribution in [1.29, 1.82) is 0 Å². The smallest absolute Gasteiger partial charge is 0.251 e. The van der Waals surface area contributed by atoms with Gasteiger partial charge in [0, 0.05) is 49.8 Å². The minimum absolute atomic E-state index is 0.00129. The van der Waals surface area contributed by atoms with Gasteiger partial charge in [-0.05, 0) is 43.3 Å². The molecule has 0 atom stereocenters. The van der Waals surface area contributed by atoms with E-state index >= 15 is 0 Å². The molecule has 1 N–H and O–H groups in total. The molecule has 142 valence electrons. The summed E-state index contributed by atoms with van der Waals surface area (Å²) in [6, 6.07) is 10.8. The average molecular weight is 368 g/mol. The molecule has 0 aliphatic carbocycles. The highest BCUT2D eigenvalue weighted by atomic mass is 16.5. The number of anilines is 1. The van der Waals surface area contributed by atoms with Crippen molar-refractivity contribution in [3.05, 3.63) is 54.4 Å². The van der Waals surface area contributed by atoms with Gasteiger partial charge < -0.3 is 19.9 Å². The molecule has 3 rings (SSSR count). The third-order valence-corrected chi connectivity index (χ3v) is 4.49. The largest absolute Gasteiger partial charge is 0.494 e. The van der Waals surface area contributed by atoms with Crippen LogP contribution in [0.15, 0.2) is 48.8 Å². The van der Waals surface area contributed by atoms with Gasteiger partial charge in [-0.1, -0.05) is 0 Å². The highest BCUT2D eigenvalue weighted by Gasteiger charge is 2.21. The van der Waals surface area contributed by atoms with E-state index in [2.05, 4.69) is 15.2 Å². The van der Waals surface area contributed by atoms with Crippen LogP contribution in [-0.2, 0) is 4.79 Å². The molecule has 2 heterocycles. The number of hydrogen-bond acceptors (Lipinski definition) is 5. The third kappa shape index (κ3) is 4.97. The van der Waals surface area contributed by atoms with E-state index in [1.165, 1.54) is 0 Å². The van der Waals surface area contributed by atoms with E-state index in [4.69, 9.17) is 4.74 Å². The second-order valence-corrected chi connectivity index (χ2v) is 6.21. The Hall–Kier alpha value is -3.09. The van der Waals surface area contributed by atoms with Crippen LogP contribution in [0.5, 0.6) is 5.75 Å². The molecule has 1 aromatic heterocycles. The van der Waals surface area contributed by atoms with Gasteiger partial charge in [-0.15, -0.1) is 0 Å². The van der Waals surface area contributed by atoms with E-state index in [9.17, 15) is 9.59 Å². The van der Waals surface area contributed by atoms with Crippen LogP contribution in [0.1, 0.15) is 17.3 Å². The Balaban J connectivity index is 1.45. The SMILES string of the molecule is CCOc1ccc(C(=O)NCC(=O)N2CCN(c3ccncc3)CC2)cc1. The van der Waals surface area contributed by atoms with Crippen molar-refractivity contribution in [2.75, 3.05) is 44.2 Å². The van der Waals surface area contributed by atoms with Crippen LogP contribution >= 0.6 is 0 Å². The summed E-state index contributed by atoms with van der Waals surface area (Å²) in [5.74, 6) is 0.391. The topological polar surface area (TPSA) is 74.8 Å². The number of pyridine rings is 1. The van der Waals surface area contributed by atoms with Crippen molar-refractivity contribution < 1.29 is 14.3 Å². The van der Waals surface area contributed by atoms with Gasteiger partial charge in [-0.25, -0.2) is 0 Å². The van der Waals surface area contributed by atoms with Gasteiger partial charge in [0.25, 0.3) is 5.91 Å². The van der Waals surface area contributed by atoms with E-state index < -0.39 is 0 Å². The summed E-state index contributed by atoms with van der Waals surface area (Å²) in [6.45, 7) is 5.30. The Morgan fingerprint density at radius 3 is 2.33 bits per heavy atom. The molecule has 7 heteroatoms. The van der Waals surface area contributed by atoms with Crippen molar-refractivity contribution in [1.82, 2.24) is 15.2 Å². The predicted molar refractivity (Wildman–Crippen MR) is 103 cm³/mol. The minimum Gasteiger partial charge on any atom is -0.494 e. The molecular weight excluding hydrogens is 344 g/mol. The molecule has 0 spiro atoms. The lowest BCUT2D eigenvalue weighted by molar-refractivity contribution is -0.130. The highest BCUT2D eigenvalue weighted by molar-refractivity contribution is 5.96. The van der Waals surface area contributed by atoms with Gasteiger partial charge in [-0.2, -0.15) is 0 Å². The van der Waals surface area contributed by atoms with Crippen LogP contribution in [0.25, 0.3) is 0 Å². The molecule has 0 unspecified atom stereocenters. The van der Waals surface area contributed by atoms with Gasteiger partial charge in [0.1, 0.15) is 5.75 Å². The molecule has 0 radical (unpaired) electrons. The molecule has 1 aliphatic heterocycles. The number of benzene rings is 1. The first-order valence-electron chi connectivity index (χ1n) is 9.11. The van der Waals surface area contributed by atoms with Gasteiger partial charge in [0.2, 0.25) is 5.91 Å². The summed E-state index contributed by atoms with van der Waals surface area (Å²) < 4.78 is 5.36. The maximum Gasteiger partial charge on any atom is 0.251 e. The summed E-state index contributed by atoms with van der Waals surface area (Å²) in [7, 11) is 0. The Morgan fingerprint density at radius 1 is 1.04 bits per heavy atom. The van der Waals surface area contributed by atoms with Crippen LogP contribution in [0.3, 0.4) is 0 Å². The molecule has 0 bridgehead atoms. The van der Waals surface area contributed by atoms with Gasteiger partial charge in [0.05, 0.1) is 13.2 Å². The molecule has 7 nitrogen and oxygen atoms in total. The second-order valence-electron chi connectivity index (χ2n) is 6.21. The molecule has 2 aromatic rings. The molecule has 1 saturated heterocycles. The monoisotopic (exact) mass is 368 g/mol. The van der Waals surface area contributed by atoms with Crippen molar-refractivity contribution in [3.63, 3.8) is 0 Å². The lowest BCUT2D eigenvalue weighted by Crippen LogP contribution is -2.51. The normalized spacial score (nSPS) is 14.0. The maximum atomic E-state index is 12.4. The quantitative estimate of drug-likeness (QED) is 0.838. The Bertz CT molecular complexity index is 757. The molecular formula is C20H24N4O3. The van der Waals surface area contributed by atoms with E-state index in [1.54, 1.807) is 41.6 Å². The highest BCUT2D eigenvalue weighted by Crippen LogP contribution is 2.15. The number of hydrogen-bond donors (Lipinski definition) is 1. The molecule has 27 heavy (non-hydrogen) atoms. The molecule has 1 fully saturated rings. The number of aromatic nitrogens is 1. The fourth-order valence-electron chi connectivity index (χ4n) is 3.01. The van der Waals surface area contributed by atoms with E-state index in [-0.39, 0.29) is 18.4 Å². The molecule has 0 saturated carbocycles. The Kier molecular flexibility index (Phi) is 6.25. The Morgan fingerprint density at radius 2 is 1.70 bits per heavy atom.